The van der Waals surface area contributed by atoms with Gasteiger partial charge in [0.05, 0.1) is 0 Å². The van der Waals surface area contributed by atoms with Gasteiger partial charge in [-0.05, 0) is 104 Å². The molecule has 0 heterocycles. The summed E-state index contributed by atoms with van der Waals surface area (Å²) < 4.78 is 0. The van der Waals surface area contributed by atoms with E-state index in [1.165, 1.54) is 80.0 Å². The molecule has 0 radical (unpaired) electrons. The molecule has 0 aliphatic rings. The van der Waals surface area contributed by atoms with Crippen LogP contribution in [0.2, 0.25) is 0 Å². The first-order chi connectivity index (χ1) is 20.6. The Balaban J connectivity index is 0.000000240. The Morgan fingerprint density at radius 1 is 0.357 bits per heavy atom. The highest BCUT2D eigenvalue weighted by atomic mass is 14.0. The highest BCUT2D eigenvalue weighted by Crippen LogP contribution is 2.11. The highest BCUT2D eigenvalue weighted by Gasteiger charge is 1.96. The summed E-state index contributed by atoms with van der Waals surface area (Å²) in [7, 11) is 0. The Kier molecular flexibility index (Phi) is 14.8. The number of unbranched alkanes of at least 4 members (excludes halogenated alkanes) is 4. The van der Waals surface area contributed by atoms with Crippen LogP contribution >= 0.6 is 0 Å². The number of hydrogen-bond acceptors (Lipinski definition) is 0. The summed E-state index contributed by atoms with van der Waals surface area (Å²) >= 11 is 0. The zero-order valence-electron chi connectivity index (χ0n) is 26.3. The van der Waals surface area contributed by atoms with E-state index in [0.29, 0.717) is 0 Å². The molecule has 0 aliphatic heterocycles. The largest absolute Gasteiger partial charge is 0.0654 e. The summed E-state index contributed by atoms with van der Waals surface area (Å²) in [6.45, 7) is 8.78. The van der Waals surface area contributed by atoms with Crippen molar-refractivity contribution >= 4 is 0 Å². The molecule has 0 amide bonds. The molecule has 0 unspecified atom stereocenters. The average Bonchev–Trinajstić information content (AvgIpc) is 3.02. The van der Waals surface area contributed by atoms with Gasteiger partial charge >= 0.3 is 0 Å². The maximum absolute atomic E-state index is 3.28. The third kappa shape index (κ3) is 12.7. The normalized spacial score (nSPS) is 10.0. The second-order valence-corrected chi connectivity index (χ2v) is 11.1. The minimum atomic E-state index is 1.07. The van der Waals surface area contributed by atoms with E-state index in [-0.39, 0.29) is 0 Å². The van der Waals surface area contributed by atoms with Gasteiger partial charge in [0.15, 0.2) is 0 Å². The van der Waals surface area contributed by atoms with E-state index in [9.17, 15) is 0 Å². The molecular formula is C42H48. The van der Waals surface area contributed by atoms with E-state index in [0.717, 1.165) is 28.7 Å². The van der Waals surface area contributed by atoms with Gasteiger partial charge in [-0.3, -0.25) is 0 Å². The van der Waals surface area contributed by atoms with Crippen LogP contribution in [0.1, 0.15) is 110 Å². The summed E-state index contributed by atoms with van der Waals surface area (Å²) in [5, 5.41) is 0. The predicted octanol–water partition coefficient (Wildman–Crippen LogP) is 10.9. The van der Waals surface area contributed by atoms with Gasteiger partial charge < -0.3 is 0 Å². The van der Waals surface area contributed by atoms with Crippen LogP contribution in [-0.2, 0) is 19.3 Å². The molecule has 0 heteroatoms. The molecule has 4 aromatic rings. The van der Waals surface area contributed by atoms with Gasteiger partial charge in [-0.1, -0.05) is 131 Å². The second kappa shape index (κ2) is 19.2. The smallest absolute Gasteiger partial charge is 0.0249 e. The maximum atomic E-state index is 3.28. The molecule has 0 saturated carbocycles. The van der Waals surface area contributed by atoms with Crippen molar-refractivity contribution in [2.24, 2.45) is 0 Å². The van der Waals surface area contributed by atoms with Gasteiger partial charge in [-0.25, -0.2) is 0 Å². The van der Waals surface area contributed by atoms with Gasteiger partial charge in [-0.2, -0.15) is 0 Å². The molecule has 0 aliphatic carbocycles. The Hall–Kier alpha value is -4.00. The van der Waals surface area contributed by atoms with E-state index in [4.69, 9.17) is 0 Å². The molecule has 0 aromatic heterocycles. The van der Waals surface area contributed by atoms with E-state index < -0.39 is 0 Å². The summed E-state index contributed by atoms with van der Waals surface area (Å²) in [4.78, 5) is 0. The van der Waals surface area contributed by atoms with Crippen LogP contribution in [0.3, 0.4) is 0 Å². The van der Waals surface area contributed by atoms with Crippen LogP contribution in [0.25, 0.3) is 0 Å². The quantitative estimate of drug-likeness (QED) is 0.136. The molecule has 4 rings (SSSR count). The zero-order valence-corrected chi connectivity index (χ0v) is 26.3. The fourth-order valence-electron chi connectivity index (χ4n) is 4.64. The van der Waals surface area contributed by atoms with Crippen molar-refractivity contribution in [1.29, 1.82) is 0 Å². The van der Waals surface area contributed by atoms with Crippen LogP contribution < -0.4 is 0 Å². The average molecular weight is 553 g/mol. The SMILES string of the molecule is CCCCCc1ccc(C#Cc2ccc(CCCCC)cc2)cc1.CCCc1ccc(C#Cc2ccc(C)cc2)cc1. The van der Waals surface area contributed by atoms with Crippen molar-refractivity contribution in [2.75, 3.05) is 0 Å². The zero-order chi connectivity index (χ0) is 29.8. The molecule has 4 aromatic carbocycles. The molecule has 0 nitrogen and oxygen atoms in total. The van der Waals surface area contributed by atoms with Crippen LogP contribution in [0.15, 0.2) is 97.1 Å². The van der Waals surface area contributed by atoms with Crippen molar-refractivity contribution in [1.82, 2.24) is 0 Å². The van der Waals surface area contributed by atoms with Crippen LogP contribution in [0.5, 0.6) is 0 Å². The van der Waals surface area contributed by atoms with Gasteiger partial charge in [0.2, 0.25) is 0 Å². The third-order valence-electron chi connectivity index (χ3n) is 7.29. The molecule has 0 bridgehead atoms. The lowest BCUT2D eigenvalue weighted by Gasteiger charge is -2.01. The Bertz CT molecular complexity index is 1350. The van der Waals surface area contributed by atoms with Crippen LogP contribution in [-0.4, -0.2) is 0 Å². The lowest BCUT2D eigenvalue weighted by molar-refractivity contribution is 0.717. The third-order valence-corrected chi connectivity index (χ3v) is 7.29. The molecule has 0 spiro atoms. The number of hydrogen-bond donors (Lipinski definition) is 0. The van der Waals surface area contributed by atoms with Gasteiger partial charge in [0.1, 0.15) is 0 Å². The fourth-order valence-corrected chi connectivity index (χ4v) is 4.64. The minimum absolute atomic E-state index is 1.07. The highest BCUT2D eigenvalue weighted by molar-refractivity contribution is 5.45. The summed E-state index contributed by atoms with van der Waals surface area (Å²) in [6, 6.07) is 34.3. The van der Waals surface area contributed by atoms with Crippen LogP contribution in [0, 0.1) is 30.6 Å². The molecule has 0 N–H and O–H groups in total. The molecule has 0 fully saturated rings. The lowest BCUT2D eigenvalue weighted by Crippen LogP contribution is -1.86. The van der Waals surface area contributed by atoms with Gasteiger partial charge in [-0.15, -0.1) is 0 Å². The predicted molar refractivity (Wildman–Crippen MR) is 183 cm³/mol. The summed E-state index contributed by atoms with van der Waals surface area (Å²) in [6.07, 6.45) is 12.5. The number of rotatable bonds is 10. The topological polar surface area (TPSA) is 0 Å². The van der Waals surface area contributed by atoms with Gasteiger partial charge in [0, 0.05) is 22.3 Å². The van der Waals surface area contributed by atoms with E-state index in [1.807, 2.05) is 0 Å². The molecule has 216 valence electrons. The minimum Gasteiger partial charge on any atom is -0.0654 e. The van der Waals surface area contributed by atoms with Crippen molar-refractivity contribution in [3.8, 4) is 23.7 Å². The molecule has 42 heavy (non-hydrogen) atoms. The number of aryl methyl sites for hydroxylation is 4. The number of benzene rings is 4. The van der Waals surface area contributed by atoms with E-state index in [2.05, 4.69) is 148 Å². The monoisotopic (exact) mass is 552 g/mol. The summed E-state index contributed by atoms with van der Waals surface area (Å²) in [5.74, 6) is 12.9. The fraction of sp³-hybridized carbons (Fsp3) is 0.333. The molecular weight excluding hydrogens is 504 g/mol. The van der Waals surface area contributed by atoms with Crippen molar-refractivity contribution in [2.45, 2.75) is 91.9 Å². The standard InChI is InChI=1S/C24H30.C18H18/c1-3-5-7-9-21-11-15-23(16-12-21)19-20-24-17-13-22(14-18-24)10-8-6-4-2;1-3-4-16-9-11-18(12-10-16)14-13-17-7-5-15(2)6-8-17/h11-18H,3-10H2,1-2H3;5-12H,3-4H2,1-2H3. The van der Waals surface area contributed by atoms with Crippen LogP contribution in [0.4, 0.5) is 0 Å². The van der Waals surface area contributed by atoms with E-state index >= 15 is 0 Å². The maximum Gasteiger partial charge on any atom is 0.0249 e. The van der Waals surface area contributed by atoms with Crippen molar-refractivity contribution < 1.29 is 0 Å². The molecule has 0 atom stereocenters. The Morgan fingerprint density at radius 2 is 0.667 bits per heavy atom. The second-order valence-electron chi connectivity index (χ2n) is 11.1. The van der Waals surface area contributed by atoms with Crippen molar-refractivity contribution in [3.05, 3.63) is 142 Å². The first kappa shape index (κ1) is 32.5. The summed E-state index contributed by atoms with van der Waals surface area (Å²) in [5.41, 5.74) is 9.84. The molecule has 0 saturated heterocycles. The first-order valence-electron chi connectivity index (χ1n) is 16.0. The van der Waals surface area contributed by atoms with Crippen molar-refractivity contribution in [3.63, 3.8) is 0 Å². The lowest BCUT2D eigenvalue weighted by atomic mass is 10.0. The van der Waals surface area contributed by atoms with Gasteiger partial charge in [0.25, 0.3) is 0 Å². The van der Waals surface area contributed by atoms with E-state index in [1.54, 1.807) is 0 Å². The Morgan fingerprint density at radius 3 is 0.976 bits per heavy atom. The Labute approximate surface area is 256 Å². The first-order valence-corrected chi connectivity index (χ1v) is 16.0.